The fourth-order valence-corrected chi connectivity index (χ4v) is 2.81. The number of likely N-dealkylation sites (tertiary alicyclic amines) is 1. The molecule has 2 unspecified atom stereocenters. The van der Waals surface area contributed by atoms with E-state index in [-0.39, 0.29) is 5.91 Å². The number of hydrogen-bond acceptors (Lipinski definition) is 3. The zero-order valence-electron chi connectivity index (χ0n) is 12.7. The summed E-state index contributed by atoms with van der Waals surface area (Å²) >= 11 is 0. The Hall–Kier alpha value is -1.39. The number of carbonyl (C=O) groups is 1. The number of benzene rings is 1. The lowest BCUT2D eigenvalue weighted by Gasteiger charge is -2.24. The summed E-state index contributed by atoms with van der Waals surface area (Å²) in [6.45, 7) is 5.01. The average Bonchev–Trinajstić information content (AvgIpc) is 2.83. The van der Waals surface area contributed by atoms with Crippen molar-refractivity contribution in [3.8, 4) is 0 Å². The summed E-state index contributed by atoms with van der Waals surface area (Å²) in [7, 11) is 3.98. The van der Waals surface area contributed by atoms with E-state index >= 15 is 0 Å². The van der Waals surface area contributed by atoms with Crippen molar-refractivity contribution in [2.45, 2.75) is 19.4 Å². The zero-order valence-corrected chi connectivity index (χ0v) is 12.7. The number of likely N-dealkylation sites (N-methyl/N-ethyl adjacent to an activating group) is 1. The van der Waals surface area contributed by atoms with Crippen molar-refractivity contribution >= 4 is 5.91 Å². The molecule has 110 valence electrons. The molecule has 4 nitrogen and oxygen atoms in total. The van der Waals surface area contributed by atoms with Crippen LogP contribution >= 0.6 is 0 Å². The highest BCUT2D eigenvalue weighted by Crippen LogP contribution is 2.18. The molecule has 1 saturated heterocycles. The van der Waals surface area contributed by atoms with E-state index in [1.54, 1.807) is 4.90 Å². The molecule has 1 aromatic rings. The summed E-state index contributed by atoms with van der Waals surface area (Å²) in [4.78, 5) is 16.5. The first-order valence-corrected chi connectivity index (χ1v) is 7.23. The van der Waals surface area contributed by atoms with Crippen molar-refractivity contribution in [3.63, 3.8) is 0 Å². The van der Waals surface area contributed by atoms with Gasteiger partial charge in [0.25, 0.3) is 0 Å². The molecule has 1 heterocycles. The number of hydrogen-bond donors (Lipinski definition) is 1. The number of carbonyl (C=O) groups excluding carboxylic acids is 1. The van der Waals surface area contributed by atoms with Gasteiger partial charge in [0.2, 0.25) is 5.91 Å². The van der Waals surface area contributed by atoms with Crippen LogP contribution < -0.4 is 5.73 Å². The molecule has 2 N–H and O–H groups in total. The van der Waals surface area contributed by atoms with Crippen LogP contribution in [0.2, 0.25) is 0 Å². The number of amides is 1. The second-order valence-electron chi connectivity index (χ2n) is 6.02. The second-order valence-corrected chi connectivity index (χ2v) is 6.02. The highest BCUT2D eigenvalue weighted by molar-refractivity contribution is 5.82. The van der Waals surface area contributed by atoms with Gasteiger partial charge in [-0.2, -0.15) is 0 Å². The van der Waals surface area contributed by atoms with Gasteiger partial charge in [-0.3, -0.25) is 4.79 Å². The monoisotopic (exact) mass is 275 g/mol. The van der Waals surface area contributed by atoms with E-state index in [2.05, 4.69) is 11.9 Å². The predicted molar refractivity (Wildman–Crippen MR) is 81.3 cm³/mol. The quantitative estimate of drug-likeness (QED) is 0.904. The lowest BCUT2D eigenvalue weighted by Crippen LogP contribution is -2.39. The van der Waals surface area contributed by atoms with Crippen LogP contribution in [0.25, 0.3) is 0 Å². The van der Waals surface area contributed by atoms with Gasteiger partial charge < -0.3 is 15.5 Å². The van der Waals surface area contributed by atoms with Crippen LogP contribution in [-0.2, 0) is 4.79 Å². The summed E-state index contributed by atoms with van der Waals surface area (Å²) in [6.07, 6.45) is 1.16. The predicted octanol–water partition coefficient (Wildman–Crippen LogP) is 1.40. The third kappa shape index (κ3) is 3.58. The molecule has 1 aliphatic heterocycles. The van der Waals surface area contributed by atoms with Gasteiger partial charge >= 0.3 is 0 Å². The number of nitrogens with two attached hydrogens (primary N) is 1. The lowest BCUT2D eigenvalue weighted by atomic mass is 10.0. The Morgan fingerprint density at radius 3 is 2.65 bits per heavy atom. The van der Waals surface area contributed by atoms with E-state index in [0.29, 0.717) is 5.92 Å². The largest absolute Gasteiger partial charge is 0.344 e. The fourth-order valence-electron chi connectivity index (χ4n) is 2.81. The molecule has 1 aliphatic rings. The molecule has 2 atom stereocenters. The van der Waals surface area contributed by atoms with Crippen molar-refractivity contribution in [3.05, 3.63) is 35.4 Å². The Morgan fingerprint density at radius 2 is 2.10 bits per heavy atom. The van der Waals surface area contributed by atoms with Gasteiger partial charge in [0.1, 0.15) is 6.04 Å². The Balaban J connectivity index is 1.94. The summed E-state index contributed by atoms with van der Waals surface area (Å²) in [5.41, 5.74) is 8.15. The van der Waals surface area contributed by atoms with Crippen molar-refractivity contribution < 1.29 is 4.79 Å². The van der Waals surface area contributed by atoms with E-state index in [1.807, 2.05) is 38.2 Å². The lowest BCUT2D eigenvalue weighted by molar-refractivity contribution is -0.131. The molecule has 0 aromatic heterocycles. The van der Waals surface area contributed by atoms with E-state index in [1.165, 1.54) is 5.56 Å². The first kappa shape index (κ1) is 15.0. The Morgan fingerprint density at radius 1 is 1.45 bits per heavy atom. The molecule has 1 aromatic carbocycles. The SMILES string of the molecule is Cc1ccc(C(N)C(=O)N(C)CC2CCN(C)C2)cc1. The van der Waals surface area contributed by atoms with E-state index in [0.717, 1.165) is 31.6 Å². The molecule has 1 fully saturated rings. The molecule has 0 bridgehead atoms. The van der Waals surface area contributed by atoms with Gasteiger partial charge in [0.15, 0.2) is 0 Å². The molecule has 0 spiro atoms. The first-order valence-electron chi connectivity index (χ1n) is 7.23. The minimum absolute atomic E-state index is 0.00315. The summed E-state index contributed by atoms with van der Waals surface area (Å²) in [5.74, 6) is 0.572. The van der Waals surface area contributed by atoms with Gasteiger partial charge in [-0.1, -0.05) is 29.8 Å². The fraction of sp³-hybridized carbons (Fsp3) is 0.562. The number of aryl methyl sites for hydroxylation is 1. The summed E-state index contributed by atoms with van der Waals surface area (Å²) in [5, 5.41) is 0. The van der Waals surface area contributed by atoms with Gasteiger partial charge in [-0.25, -0.2) is 0 Å². The molecule has 0 aliphatic carbocycles. The molecule has 1 amide bonds. The molecule has 0 radical (unpaired) electrons. The van der Waals surface area contributed by atoms with Crippen molar-refractivity contribution in [1.82, 2.24) is 9.80 Å². The highest BCUT2D eigenvalue weighted by Gasteiger charge is 2.25. The second kappa shape index (κ2) is 6.37. The smallest absolute Gasteiger partial charge is 0.243 e. The molecule has 4 heteroatoms. The van der Waals surface area contributed by atoms with E-state index in [9.17, 15) is 4.79 Å². The Labute approximate surface area is 121 Å². The van der Waals surface area contributed by atoms with Crippen LogP contribution in [0.5, 0.6) is 0 Å². The van der Waals surface area contributed by atoms with Crippen molar-refractivity contribution in [1.29, 1.82) is 0 Å². The average molecular weight is 275 g/mol. The van der Waals surface area contributed by atoms with Gasteiger partial charge in [-0.15, -0.1) is 0 Å². The standard InChI is InChI=1S/C16H25N3O/c1-12-4-6-14(7-5-12)15(17)16(20)19(3)11-13-8-9-18(2)10-13/h4-7,13,15H,8-11,17H2,1-3H3. The molecular weight excluding hydrogens is 250 g/mol. The highest BCUT2D eigenvalue weighted by atomic mass is 16.2. The Kier molecular flexibility index (Phi) is 4.78. The molecular formula is C16H25N3O. The van der Waals surface area contributed by atoms with Gasteiger partial charge in [-0.05, 0) is 38.4 Å². The van der Waals surface area contributed by atoms with Gasteiger partial charge in [0, 0.05) is 20.1 Å². The maximum Gasteiger partial charge on any atom is 0.243 e. The van der Waals surface area contributed by atoms with Crippen LogP contribution in [0.3, 0.4) is 0 Å². The molecule has 0 saturated carbocycles. The minimum atomic E-state index is -0.556. The van der Waals surface area contributed by atoms with Crippen molar-refractivity contribution in [2.24, 2.45) is 11.7 Å². The minimum Gasteiger partial charge on any atom is -0.344 e. The van der Waals surface area contributed by atoms with Crippen LogP contribution in [-0.4, -0.2) is 49.4 Å². The summed E-state index contributed by atoms with van der Waals surface area (Å²) in [6, 6.07) is 7.31. The Bertz CT molecular complexity index is 457. The first-order chi connectivity index (χ1) is 9.47. The molecule has 2 rings (SSSR count). The normalized spacial score (nSPS) is 20.9. The maximum absolute atomic E-state index is 12.4. The topological polar surface area (TPSA) is 49.6 Å². The van der Waals surface area contributed by atoms with Crippen molar-refractivity contribution in [2.75, 3.05) is 33.7 Å². The number of rotatable bonds is 4. The van der Waals surface area contributed by atoms with E-state index in [4.69, 9.17) is 5.73 Å². The summed E-state index contributed by atoms with van der Waals surface area (Å²) < 4.78 is 0. The zero-order chi connectivity index (χ0) is 14.7. The third-order valence-electron chi connectivity index (χ3n) is 4.10. The van der Waals surface area contributed by atoms with Crippen LogP contribution in [0, 0.1) is 12.8 Å². The molecule has 20 heavy (non-hydrogen) atoms. The number of nitrogens with zero attached hydrogens (tertiary/aromatic N) is 2. The van der Waals surface area contributed by atoms with Crippen LogP contribution in [0.1, 0.15) is 23.6 Å². The van der Waals surface area contributed by atoms with Gasteiger partial charge in [0.05, 0.1) is 0 Å². The third-order valence-corrected chi connectivity index (χ3v) is 4.10. The van der Waals surface area contributed by atoms with E-state index < -0.39 is 6.04 Å². The van der Waals surface area contributed by atoms with Crippen LogP contribution in [0.4, 0.5) is 0 Å². The van der Waals surface area contributed by atoms with Crippen LogP contribution in [0.15, 0.2) is 24.3 Å². The maximum atomic E-state index is 12.4.